The first-order chi connectivity index (χ1) is 7.50. The van der Waals surface area contributed by atoms with Gasteiger partial charge in [-0.1, -0.05) is 6.92 Å². The molecule has 16 heavy (non-hydrogen) atoms. The smallest absolute Gasteiger partial charge is 0.227 e. The van der Waals surface area contributed by atoms with Crippen LogP contribution in [0.15, 0.2) is 12.1 Å². The second-order valence-electron chi connectivity index (χ2n) is 4.03. The monoisotopic (exact) mass is 229 g/mol. The molecule has 1 aliphatic rings. The number of halogens is 3. The molecular formula is C11H10F3NO. The van der Waals surface area contributed by atoms with Crippen molar-refractivity contribution in [3.05, 3.63) is 29.6 Å². The van der Waals surface area contributed by atoms with Crippen LogP contribution in [-0.2, 0) is 4.79 Å². The van der Waals surface area contributed by atoms with E-state index in [2.05, 4.69) is 5.32 Å². The van der Waals surface area contributed by atoms with Gasteiger partial charge in [-0.25, -0.2) is 13.2 Å². The standard InChI is InChI=1S/C11H10F3NO/c1-5-4-6(5)11(16)15-8-3-2-7(12)9(13)10(8)14/h2-3,5-6H,4H2,1H3,(H,15,16)/t5-,6+/m0/s1. The second-order valence-corrected chi connectivity index (χ2v) is 4.03. The largest absolute Gasteiger partial charge is 0.323 e. The third-order valence-corrected chi connectivity index (χ3v) is 2.74. The number of amides is 1. The number of rotatable bonds is 2. The number of benzene rings is 1. The lowest BCUT2D eigenvalue weighted by Crippen LogP contribution is -2.16. The van der Waals surface area contributed by atoms with E-state index in [0.29, 0.717) is 0 Å². The van der Waals surface area contributed by atoms with Crippen LogP contribution in [0, 0.1) is 29.3 Å². The minimum Gasteiger partial charge on any atom is -0.323 e. The van der Waals surface area contributed by atoms with Crippen LogP contribution >= 0.6 is 0 Å². The molecule has 1 aliphatic carbocycles. The van der Waals surface area contributed by atoms with Gasteiger partial charge >= 0.3 is 0 Å². The maximum Gasteiger partial charge on any atom is 0.227 e. The lowest BCUT2D eigenvalue weighted by Gasteiger charge is -2.06. The molecule has 0 aromatic heterocycles. The van der Waals surface area contributed by atoms with Crippen molar-refractivity contribution in [3.8, 4) is 0 Å². The molecule has 0 heterocycles. The zero-order chi connectivity index (χ0) is 11.9. The first-order valence-electron chi connectivity index (χ1n) is 4.95. The molecule has 2 nitrogen and oxygen atoms in total. The summed E-state index contributed by atoms with van der Waals surface area (Å²) in [6, 6.07) is 1.79. The van der Waals surface area contributed by atoms with Crippen molar-refractivity contribution in [2.45, 2.75) is 13.3 Å². The molecule has 1 N–H and O–H groups in total. The molecule has 1 fully saturated rings. The average Bonchev–Trinajstić information content (AvgIpc) is 2.96. The minimum atomic E-state index is -1.57. The molecule has 5 heteroatoms. The third-order valence-electron chi connectivity index (χ3n) is 2.74. The molecule has 0 spiro atoms. The topological polar surface area (TPSA) is 29.1 Å². The van der Waals surface area contributed by atoms with Gasteiger partial charge in [-0.3, -0.25) is 4.79 Å². The summed E-state index contributed by atoms with van der Waals surface area (Å²) in [7, 11) is 0. The van der Waals surface area contributed by atoms with Gasteiger partial charge in [0.05, 0.1) is 5.69 Å². The van der Waals surface area contributed by atoms with Gasteiger partial charge < -0.3 is 5.32 Å². The maximum atomic E-state index is 13.2. The van der Waals surface area contributed by atoms with Crippen LogP contribution in [0.2, 0.25) is 0 Å². The Hall–Kier alpha value is -1.52. The Morgan fingerprint density at radius 2 is 1.94 bits per heavy atom. The SMILES string of the molecule is C[C@H]1C[C@H]1C(=O)Nc1ccc(F)c(F)c1F. The van der Waals surface area contributed by atoms with Gasteiger partial charge in [-0.05, 0) is 24.5 Å². The normalized spacial score (nSPS) is 23.0. The van der Waals surface area contributed by atoms with E-state index in [9.17, 15) is 18.0 Å². The first-order valence-corrected chi connectivity index (χ1v) is 4.95. The van der Waals surface area contributed by atoms with Crippen molar-refractivity contribution in [2.75, 3.05) is 5.32 Å². The van der Waals surface area contributed by atoms with Crippen molar-refractivity contribution >= 4 is 11.6 Å². The van der Waals surface area contributed by atoms with Crippen LogP contribution in [0.5, 0.6) is 0 Å². The quantitative estimate of drug-likeness (QED) is 0.776. The molecule has 0 unspecified atom stereocenters. The Kier molecular flexibility index (Phi) is 2.61. The minimum absolute atomic E-state index is 0.146. The molecular weight excluding hydrogens is 219 g/mol. The van der Waals surface area contributed by atoms with Gasteiger partial charge in [0.2, 0.25) is 5.91 Å². The Morgan fingerprint density at radius 3 is 2.50 bits per heavy atom. The Bertz CT molecular complexity index is 447. The molecule has 0 bridgehead atoms. The molecule has 1 aromatic rings. The van der Waals surface area contributed by atoms with Crippen LogP contribution in [0.1, 0.15) is 13.3 Å². The van der Waals surface area contributed by atoms with Gasteiger partial charge in [-0.15, -0.1) is 0 Å². The Balaban J connectivity index is 2.16. The van der Waals surface area contributed by atoms with E-state index in [1.54, 1.807) is 0 Å². The predicted octanol–water partition coefficient (Wildman–Crippen LogP) is 2.70. The summed E-state index contributed by atoms with van der Waals surface area (Å²) in [5.74, 6) is -4.42. The van der Waals surface area contributed by atoms with Crippen molar-refractivity contribution in [1.29, 1.82) is 0 Å². The molecule has 2 rings (SSSR count). The van der Waals surface area contributed by atoms with Gasteiger partial charge in [0.1, 0.15) is 0 Å². The summed E-state index contributed by atoms with van der Waals surface area (Å²) in [4.78, 5) is 11.4. The highest BCUT2D eigenvalue weighted by molar-refractivity contribution is 5.94. The number of carbonyl (C=O) groups excluding carboxylic acids is 1. The van der Waals surface area contributed by atoms with E-state index < -0.39 is 17.5 Å². The Morgan fingerprint density at radius 1 is 1.31 bits per heavy atom. The summed E-state index contributed by atoms with van der Waals surface area (Å²) in [5, 5.41) is 2.25. The third kappa shape index (κ3) is 1.89. The number of carbonyl (C=O) groups is 1. The number of hydrogen-bond donors (Lipinski definition) is 1. The van der Waals surface area contributed by atoms with Crippen molar-refractivity contribution in [1.82, 2.24) is 0 Å². The lowest BCUT2D eigenvalue weighted by atomic mass is 10.2. The van der Waals surface area contributed by atoms with Gasteiger partial charge in [0.15, 0.2) is 17.5 Å². The Labute approximate surface area is 90.5 Å². The van der Waals surface area contributed by atoms with Crippen LogP contribution in [0.3, 0.4) is 0 Å². The fourth-order valence-electron chi connectivity index (χ4n) is 1.54. The maximum absolute atomic E-state index is 13.2. The van der Waals surface area contributed by atoms with Crippen molar-refractivity contribution in [2.24, 2.45) is 11.8 Å². The molecule has 0 saturated heterocycles. The van der Waals surface area contributed by atoms with Crippen LogP contribution in [0.25, 0.3) is 0 Å². The molecule has 0 radical (unpaired) electrons. The highest BCUT2D eigenvalue weighted by Crippen LogP contribution is 2.38. The summed E-state index contributed by atoms with van der Waals surface area (Å²) in [6.45, 7) is 1.89. The zero-order valence-corrected chi connectivity index (χ0v) is 8.56. The van der Waals surface area contributed by atoms with Gasteiger partial charge in [0, 0.05) is 5.92 Å². The summed E-state index contributed by atoms with van der Waals surface area (Å²) >= 11 is 0. The lowest BCUT2D eigenvalue weighted by molar-refractivity contribution is -0.117. The van der Waals surface area contributed by atoms with Crippen molar-refractivity contribution in [3.63, 3.8) is 0 Å². The van der Waals surface area contributed by atoms with E-state index in [1.807, 2.05) is 6.92 Å². The summed E-state index contributed by atoms with van der Waals surface area (Å²) < 4.78 is 38.6. The predicted molar refractivity (Wildman–Crippen MR) is 52.2 cm³/mol. The van der Waals surface area contributed by atoms with E-state index in [0.717, 1.165) is 18.6 Å². The highest BCUT2D eigenvalue weighted by Gasteiger charge is 2.39. The molecule has 1 amide bonds. The van der Waals surface area contributed by atoms with Gasteiger partial charge in [0.25, 0.3) is 0 Å². The zero-order valence-electron chi connectivity index (χ0n) is 8.56. The summed E-state index contributed by atoms with van der Waals surface area (Å²) in [5.41, 5.74) is -0.317. The van der Waals surface area contributed by atoms with Gasteiger partial charge in [-0.2, -0.15) is 0 Å². The molecule has 2 atom stereocenters. The van der Waals surface area contributed by atoms with E-state index in [1.165, 1.54) is 0 Å². The average molecular weight is 229 g/mol. The second kappa shape index (κ2) is 3.81. The molecule has 1 aromatic carbocycles. The molecule has 0 aliphatic heterocycles. The van der Waals surface area contributed by atoms with E-state index in [4.69, 9.17) is 0 Å². The molecule has 86 valence electrons. The fraction of sp³-hybridized carbons (Fsp3) is 0.364. The van der Waals surface area contributed by atoms with Crippen LogP contribution in [0.4, 0.5) is 18.9 Å². The molecule has 1 saturated carbocycles. The number of hydrogen-bond acceptors (Lipinski definition) is 1. The highest BCUT2D eigenvalue weighted by atomic mass is 19.2. The van der Waals surface area contributed by atoms with E-state index >= 15 is 0 Å². The van der Waals surface area contributed by atoms with Crippen LogP contribution < -0.4 is 5.32 Å². The fourth-order valence-corrected chi connectivity index (χ4v) is 1.54. The number of anilines is 1. The van der Waals surface area contributed by atoms with Crippen LogP contribution in [-0.4, -0.2) is 5.91 Å². The first kappa shape index (κ1) is 11.0. The van der Waals surface area contributed by atoms with Crippen molar-refractivity contribution < 1.29 is 18.0 Å². The van der Waals surface area contributed by atoms with E-state index in [-0.39, 0.29) is 23.4 Å². The summed E-state index contributed by atoms with van der Waals surface area (Å²) in [6.07, 6.45) is 0.747. The number of nitrogens with one attached hydrogen (secondary N) is 1.